The number of benzene rings is 2. The van der Waals surface area contributed by atoms with E-state index in [1.807, 2.05) is 48.5 Å². The van der Waals surface area contributed by atoms with Crippen molar-refractivity contribution in [2.24, 2.45) is 0 Å². The van der Waals surface area contributed by atoms with Gasteiger partial charge in [0, 0.05) is 48.5 Å². The molecule has 0 spiro atoms. The minimum absolute atomic E-state index is 0.572. The van der Waals surface area contributed by atoms with E-state index in [4.69, 9.17) is 58.3 Å². The lowest BCUT2D eigenvalue weighted by atomic mass is 10.2. The van der Waals surface area contributed by atoms with E-state index in [-0.39, 0.29) is 0 Å². The Kier molecular flexibility index (Phi) is 28.9. The minimum Gasteiger partial charge on any atom is -0.493 e. The molecule has 404 valence electrons. The van der Waals surface area contributed by atoms with E-state index in [1.54, 1.807) is 24.8 Å². The molecule has 0 amide bonds. The lowest BCUT2D eigenvalue weighted by Gasteiger charge is -2.13. The summed E-state index contributed by atoms with van der Waals surface area (Å²) >= 11 is 0. The summed E-state index contributed by atoms with van der Waals surface area (Å²) in [4.78, 5) is 30.5. The summed E-state index contributed by atoms with van der Waals surface area (Å²) in [6.45, 7) is 16.8. The topological polar surface area (TPSA) is 133 Å². The summed E-state index contributed by atoms with van der Waals surface area (Å²) in [5, 5.41) is 0. The largest absolute Gasteiger partial charge is 0.493 e. The summed E-state index contributed by atoms with van der Waals surface area (Å²) in [6, 6.07) is 15.4. The van der Waals surface area contributed by atoms with Crippen LogP contribution in [0.5, 0.6) is 34.5 Å². The molecule has 0 aliphatic carbocycles. The van der Waals surface area contributed by atoms with Crippen molar-refractivity contribution in [2.75, 3.05) is 39.6 Å². The van der Waals surface area contributed by atoms with Gasteiger partial charge in [-0.2, -0.15) is 0 Å². The molecule has 12 nitrogen and oxygen atoms in total. The molecular weight excluding hydrogens is 925 g/mol. The number of aromatic nitrogens is 6. The first kappa shape index (κ1) is 59.1. The maximum absolute atomic E-state index is 6.49. The number of unbranched alkanes of at least 4 members (excludes halogenated alkanes) is 18. The van der Waals surface area contributed by atoms with Gasteiger partial charge in [0.1, 0.15) is 11.5 Å². The molecule has 3 heterocycles. The van der Waals surface area contributed by atoms with Crippen LogP contribution in [0.4, 0.5) is 0 Å². The molecule has 0 aliphatic heterocycles. The van der Waals surface area contributed by atoms with E-state index < -0.39 is 0 Å². The van der Waals surface area contributed by atoms with Gasteiger partial charge in [0.05, 0.1) is 109 Å². The van der Waals surface area contributed by atoms with E-state index >= 15 is 0 Å². The van der Waals surface area contributed by atoms with Gasteiger partial charge in [-0.3, -0.25) is 19.9 Å². The number of ether oxygens (including phenoxy) is 6. The zero-order chi connectivity index (χ0) is 52.3. The lowest BCUT2D eigenvalue weighted by Crippen LogP contribution is -2.03. The number of hydrogen-bond acceptors (Lipinski definition) is 12. The van der Waals surface area contributed by atoms with E-state index in [1.165, 1.54) is 12.8 Å². The number of fused-ring (bicyclic) bond motifs is 6. The molecule has 0 radical (unpaired) electrons. The van der Waals surface area contributed by atoms with E-state index in [0.717, 1.165) is 141 Å². The molecule has 0 saturated carbocycles. The molecule has 0 atom stereocenters. The molecule has 0 unspecified atom stereocenters. The van der Waals surface area contributed by atoms with Crippen molar-refractivity contribution >= 4 is 44.1 Å². The van der Waals surface area contributed by atoms with Gasteiger partial charge >= 0.3 is 0 Å². The smallest absolute Gasteiger partial charge is 0.163 e. The SMILES string of the molecule is CCCCCCOc1cc2cnc3cc(OCCCCCC)c(OCCCCCC)cc3ncc3cc(OCCCCCC)cc(cnc4cc(OCCCCCC)c(OCCCCCC)cc4ncc(c1)n2)n3. The van der Waals surface area contributed by atoms with Crippen molar-refractivity contribution < 1.29 is 28.4 Å². The first-order chi connectivity index (χ1) is 36.5. The van der Waals surface area contributed by atoms with Crippen LogP contribution >= 0.6 is 0 Å². The molecule has 0 aliphatic rings. The predicted octanol–water partition coefficient (Wildman–Crippen LogP) is 17.2. The van der Waals surface area contributed by atoms with Crippen LogP contribution in [0.2, 0.25) is 0 Å². The summed E-state index contributed by atoms with van der Waals surface area (Å²) in [5.41, 5.74) is 4.78. The molecule has 0 N–H and O–H groups in total. The first-order valence-electron chi connectivity index (χ1n) is 28.8. The number of rotatable bonds is 36. The van der Waals surface area contributed by atoms with Crippen LogP contribution in [-0.2, 0) is 0 Å². The number of nitrogens with zero attached hydrogens (tertiary/aromatic N) is 6. The fraction of sp³-hybridized carbons (Fsp3) is 0.581. The number of pyridine rings is 2. The Morgan fingerprint density at radius 1 is 0.257 bits per heavy atom. The highest BCUT2D eigenvalue weighted by atomic mass is 16.5. The van der Waals surface area contributed by atoms with E-state index in [9.17, 15) is 0 Å². The average molecular weight is 1020 g/mol. The molecule has 0 saturated heterocycles. The Bertz CT molecular complexity index is 2230. The van der Waals surface area contributed by atoms with E-state index in [2.05, 4.69) is 41.5 Å². The van der Waals surface area contributed by atoms with Gasteiger partial charge in [-0.25, -0.2) is 9.97 Å². The van der Waals surface area contributed by atoms with Crippen molar-refractivity contribution in [1.82, 2.24) is 29.9 Å². The van der Waals surface area contributed by atoms with Crippen molar-refractivity contribution in [3.63, 3.8) is 0 Å². The summed E-state index contributed by atoms with van der Waals surface area (Å²) in [5.74, 6) is 3.92. The standard InChI is InChI=1S/C62H90N6O6/c1-7-13-19-25-31-69-53-37-49-45-63-55-41-59(71-33-27-21-15-9-3)61(73-35-29-23-17-11-5)43-57(55)65-47-51-39-54(70-32-26-20-14-8-2)40-52(68-51)48-66-58-44-62(74-36-30-24-18-12-6)60(72-34-28-22-16-10-4)42-56(58)64-46-50(38-53)67-49/h37-48H,7-36H2,1-6H3. The highest BCUT2D eigenvalue weighted by molar-refractivity contribution is 5.80. The van der Waals surface area contributed by atoms with Crippen molar-refractivity contribution in [3.8, 4) is 34.5 Å². The van der Waals surface area contributed by atoms with Crippen molar-refractivity contribution in [2.45, 2.75) is 196 Å². The Labute approximate surface area is 443 Å². The fourth-order valence-corrected chi connectivity index (χ4v) is 8.29. The highest BCUT2D eigenvalue weighted by Crippen LogP contribution is 2.33. The first-order valence-corrected chi connectivity index (χ1v) is 28.8. The third-order valence-electron chi connectivity index (χ3n) is 12.7. The minimum atomic E-state index is 0.572. The second kappa shape index (κ2) is 36.2. The molecule has 5 rings (SSSR count). The van der Waals surface area contributed by atoms with Crippen LogP contribution in [-0.4, -0.2) is 69.5 Å². The summed E-state index contributed by atoms with van der Waals surface area (Å²) in [6.07, 6.45) is 33.2. The van der Waals surface area contributed by atoms with Crippen molar-refractivity contribution in [1.29, 1.82) is 0 Å². The summed E-state index contributed by atoms with van der Waals surface area (Å²) in [7, 11) is 0. The third kappa shape index (κ3) is 22.4. The Morgan fingerprint density at radius 2 is 0.473 bits per heavy atom. The Morgan fingerprint density at radius 3 is 0.689 bits per heavy atom. The second-order valence-corrected chi connectivity index (χ2v) is 19.4. The van der Waals surface area contributed by atoms with Crippen molar-refractivity contribution in [3.05, 3.63) is 73.3 Å². The van der Waals surface area contributed by atoms with Crippen LogP contribution in [0.1, 0.15) is 196 Å². The average Bonchev–Trinajstić information content (AvgIpc) is 3.41. The van der Waals surface area contributed by atoms with Gasteiger partial charge in [-0.15, -0.1) is 0 Å². The van der Waals surface area contributed by atoms with Gasteiger partial charge in [0.25, 0.3) is 0 Å². The third-order valence-corrected chi connectivity index (χ3v) is 12.7. The van der Waals surface area contributed by atoms with E-state index in [0.29, 0.717) is 118 Å². The predicted molar refractivity (Wildman–Crippen MR) is 305 cm³/mol. The lowest BCUT2D eigenvalue weighted by molar-refractivity contribution is 0.259. The summed E-state index contributed by atoms with van der Waals surface area (Å²) < 4.78 is 38.8. The molecule has 2 aromatic carbocycles. The van der Waals surface area contributed by atoms with Crippen LogP contribution in [0.15, 0.2) is 73.3 Å². The Hall–Kier alpha value is -5.78. The fourth-order valence-electron chi connectivity index (χ4n) is 8.29. The maximum Gasteiger partial charge on any atom is 0.163 e. The van der Waals surface area contributed by atoms with Gasteiger partial charge in [-0.1, -0.05) is 157 Å². The Balaban J connectivity index is 1.80. The zero-order valence-corrected chi connectivity index (χ0v) is 46.3. The van der Waals surface area contributed by atoms with Gasteiger partial charge < -0.3 is 28.4 Å². The monoisotopic (exact) mass is 1010 g/mol. The molecule has 74 heavy (non-hydrogen) atoms. The van der Waals surface area contributed by atoms with Gasteiger partial charge in [0.2, 0.25) is 0 Å². The van der Waals surface area contributed by atoms with Crippen LogP contribution in [0.25, 0.3) is 44.1 Å². The second-order valence-electron chi connectivity index (χ2n) is 19.4. The zero-order valence-electron chi connectivity index (χ0n) is 46.3. The van der Waals surface area contributed by atoms with Gasteiger partial charge in [-0.05, 0) is 38.5 Å². The molecule has 0 fully saturated rings. The van der Waals surface area contributed by atoms with Gasteiger partial charge in [0.15, 0.2) is 23.0 Å². The van der Waals surface area contributed by atoms with Crippen LogP contribution in [0.3, 0.4) is 0 Å². The quantitative estimate of drug-likeness (QED) is 0.0354. The molecular formula is C62H90N6O6. The van der Waals surface area contributed by atoms with Crippen LogP contribution in [0, 0.1) is 0 Å². The molecule has 3 aromatic heterocycles. The van der Waals surface area contributed by atoms with Crippen LogP contribution < -0.4 is 28.4 Å². The highest BCUT2D eigenvalue weighted by Gasteiger charge is 2.12. The molecule has 4 bridgehead atoms. The maximum atomic E-state index is 6.49. The normalized spacial score (nSPS) is 11.1. The molecule has 12 heteroatoms. The molecule has 5 aromatic rings. The number of hydrogen-bond donors (Lipinski definition) is 0.